The Morgan fingerprint density at radius 1 is 1.08 bits per heavy atom. The van der Waals surface area contributed by atoms with Crippen LogP contribution in [0.4, 0.5) is 13.2 Å². The van der Waals surface area contributed by atoms with Crippen molar-refractivity contribution in [3.8, 4) is 0 Å². The molecule has 216 valence electrons. The molecule has 1 amide bonds. The minimum Gasteiger partial charge on any atom is -0.348 e. The molecule has 0 radical (unpaired) electrons. The molecule has 38 heavy (non-hydrogen) atoms. The van der Waals surface area contributed by atoms with Crippen molar-refractivity contribution in [3.05, 3.63) is 12.2 Å². The monoisotopic (exact) mass is 555 g/mol. The van der Waals surface area contributed by atoms with Crippen molar-refractivity contribution in [2.45, 2.75) is 103 Å². The minimum absolute atomic E-state index is 0.0981. The second-order valence-electron chi connectivity index (χ2n) is 14.7. The molecule has 0 aromatic carbocycles. The van der Waals surface area contributed by atoms with Gasteiger partial charge in [0.15, 0.2) is 0 Å². The van der Waals surface area contributed by atoms with E-state index in [4.69, 9.17) is 0 Å². The van der Waals surface area contributed by atoms with E-state index in [1.807, 2.05) is 0 Å². The maximum Gasteiger partial charge on any atom is 0.471 e. The van der Waals surface area contributed by atoms with Crippen molar-refractivity contribution in [1.82, 2.24) is 5.32 Å². The lowest BCUT2D eigenvalue weighted by Gasteiger charge is -2.62. The number of alkyl halides is 3. The SMILES string of the molecule is C=C1CC2C3CCC(=O)C3(C)CCC2C2(C)CCC(S(C)(CCCNC(=O)C(F)(F)F)CC3(C)CC3)CC12. The Hall–Kier alpha value is -0.980. The molecule has 7 heteroatoms. The number of hydrogen-bond donors (Lipinski definition) is 1. The summed E-state index contributed by atoms with van der Waals surface area (Å²) in [6, 6.07) is 0. The van der Waals surface area contributed by atoms with E-state index in [1.54, 1.807) is 0 Å². The fraction of sp³-hybridized carbons (Fsp3) is 0.871. The summed E-state index contributed by atoms with van der Waals surface area (Å²) >= 11 is 0. The number of Topliss-reactive ketones (excluding diaryl/α,β-unsaturated/α-hetero) is 1. The molecule has 1 N–H and O–H groups in total. The smallest absolute Gasteiger partial charge is 0.348 e. The second kappa shape index (κ2) is 9.55. The first-order chi connectivity index (χ1) is 17.6. The van der Waals surface area contributed by atoms with Gasteiger partial charge in [-0.15, -0.1) is 0 Å². The van der Waals surface area contributed by atoms with Crippen LogP contribution in [0, 0.1) is 39.9 Å². The van der Waals surface area contributed by atoms with E-state index in [0.717, 1.165) is 44.3 Å². The molecular formula is C31H48F3NO2S. The van der Waals surface area contributed by atoms with Crippen LogP contribution in [0.5, 0.6) is 0 Å². The van der Waals surface area contributed by atoms with E-state index in [9.17, 15) is 22.8 Å². The first-order valence-electron chi connectivity index (χ1n) is 14.9. The van der Waals surface area contributed by atoms with Gasteiger partial charge in [-0.3, -0.25) is 9.59 Å². The van der Waals surface area contributed by atoms with Crippen molar-refractivity contribution in [3.63, 3.8) is 0 Å². The van der Waals surface area contributed by atoms with Gasteiger partial charge in [-0.05, 0) is 122 Å². The van der Waals surface area contributed by atoms with E-state index < -0.39 is 22.1 Å². The van der Waals surface area contributed by atoms with E-state index in [2.05, 4.69) is 38.9 Å². The number of allylic oxidation sites excluding steroid dienone is 1. The molecular weight excluding hydrogens is 507 g/mol. The fourth-order valence-electron chi connectivity index (χ4n) is 9.71. The van der Waals surface area contributed by atoms with Crippen molar-refractivity contribution >= 4 is 21.7 Å². The summed E-state index contributed by atoms with van der Waals surface area (Å²) in [4.78, 5) is 24.1. The number of hydrogen-bond acceptors (Lipinski definition) is 2. The van der Waals surface area contributed by atoms with Crippen LogP contribution in [0.2, 0.25) is 0 Å². The number of rotatable bonds is 7. The standard InChI is InChI=1S/C31H48F3NO2S/c1-20-17-22-23-7-8-26(36)30(23,4)12-10-24(22)29(3)11-9-21(18-25(20)29)38(5,19-28(2)13-14-28)16-6-15-35-27(37)31(32,33)34/h21-25H,1,6-19H2,2-5H3,(H,35,37). The number of fused-ring (bicyclic) bond motifs is 5. The fourth-order valence-corrected chi connectivity index (χ4v) is 14.5. The molecule has 8 unspecified atom stereocenters. The molecule has 0 bridgehead atoms. The van der Waals surface area contributed by atoms with Gasteiger partial charge in [0, 0.05) is 18.4 Å². The number of nitrogens with one attached hydrogen (secondary N) is 1. The molecule has 0 spiro atoms. The molecule has 5 aliphatic carbocycles. The lowest BCUT2D eigenvalue weighted by molar-refractivity contribution is -0.173. The highest BCUT2D eigenvalue weighted by Gasteiger charge is 2.61. The largest absolute Gasteiger partial charge is 0.471 e. The summed E-state index contributed by atoms with van der Waals surface area (Å²) in [5, 5.41) is 2.71. The Balaban J connectivity index is 1.30. The van der Waals surface area contributed by atoms with Crippen LogP contribution in [0.1, 0.15) is 91.4 Å². The zero-order chi connectivity index (χ0) is 27.7. The molecule has 0 aromatic heterocycles. The van der Waals surface area contributed by atoms with Gasteiger partial charge in [0.05, 0.1) is 0 Å². The van der Waals surface area contributed by atoms with Crippen LogP contribution in [0.15, 0.2) is 12.2 Å². The predicted octanol–water partition coefficient (Wildman–Crippen LogP) is 7.44. The van der Waals surface area contributed by atoms with Crippen LogP contribution >= 0.6 is 10.0 Å². The molecule has 5 saturated carbocycles. The first-order valence-corrected chi connectivity index (χ1v) is 17.3. The Labute approximate surface area is 228 Å². The zero-order valence-corrected chi connectivity index (χ0v) is 24.7. The van der Waals surface area contributed by atoms with Gasteiger partial charge in [-0.1, -0.05) is 32.9 Å². The normalized spacial score (nSPS) is 42.3. The minimum atomic E-state index is -4.81. The highest BCUT2D eigenvalue weighted by atomic mass is 32.3. The van der Waals surface area contributed by atoms with Crippen LogP contribution in [-0.4, -0.2) is 47.4 Å². The topological polar surface area (TPSA) is 46.2 Å². The van der Waals surface area contributed by atoms with Crippen molar-refractivity contribution < 1.29 is 22.8 Å². The first kappa shape index (κ1) is 28.5. The maximum atomic E-state index is 12.8. The van der Waals surface area contributed by atoms with Gasteiger partial charge in [0.25, 0.3) is 0 Å². The quantitative estimate of drug-likeness (QED) is 0.262. The molecule has 3 nitrogen and oxygen atoms in total. The summed E-state index contributed by atoms with van der Waals surface area (Å²) in [7, 11) is -1.05. The van der Waals surface area contributed by atoms with Gasteiger partial charge < -0.3 is 5.32 Å². The Morgan fingerprint density at radius 3 is 2.45 bits per heavy atom. The molecule has 8 atom stereocenters. The van der Waals surface area contributed by atoms with E-state index in [1.165, 1.54) is 37.0 Å². The lowest BCUT2D eigenvalue weighted by atomic mass is 9.44. The van der Waals surface area contributed by atoms with Crippen molar-refractivity contribution in [2.75, 3.05) is 24.3 Å². The Bertz CT molecular complexity index is 992. The number of amides is 1. The van der Waals surface area contributed by atoms with Gasteiger partial charge >= 0.3 is 12.1 Å². The third kappa shape index (κ3) is 4.89. The average Bonchev–Trinajstić information content (AvgIpc) is 3.47. The van der Waals surface area contributed by atoms with E-state index in [-0.39, 0.29) is 17.4 Å². The average molecular weight is 556 g/mol. The molecule has 5 fully saturated rings. The van der Waals surface area contributed by atoms with E-state index >= 15 is 0 Å². The van der Waals surface area contributed by atoms with Gasteiger partial charge in [-0.2, -0.15) is 13.2 Å². The molecule has 0 saturated heterocycles. The van der Waals surface area contributed by atoms with Crippen molar-refractivity contribution in [1.29, 1.82) is 0 Å². The predicted molar refractivity (Wildman–Crippen MR) is 149 cm³/mol. The summed E-state index contributed by atoms with van der Waals surface area (Å²) in [5.74, 6) is 3.07. The Kier molecular flexibility index (Phi) is 7.17. The number of halogens is 3. The van der Waals surface area contributed by atoms with Gasteiger partial charge in [0.2, 0.25) is 0 Å². The molecule has 5 aliphatic rings. The van der Waals surface area contributed by atoms with E-state index in [0.29, 0.717) is 46.5 Å². The summed E-state index contributed by atoms with van der Waals surface area (Å²) in [6.45, 7) is 11.9. The summed E-state index contributed by atoms with van der Waals surface area (Å²) < 4.78 is 38.0. The van der Waals surface area contributed by atoms with Gasteiger partial charge in [-0.25, -0.2) is 10.0 Å². The van der Waals surface area contributed by atoms with Crippen LogP contribution < -0.4 is 5.32 Å². The van der Waals surface area contributed by atoms with Crippen LogP contribution in [-0.2, 0) is 9.59 Å². The third-order valence-corrected chi connectivity index (χ3v) is 16.8. The highest BCUT2D eigenvalue weighted by Crippen LogP contribution is 2.70. The molecule has 0 aliphatic heterocycles. The van der Waals surface area contributed by atoms with Crippen LogP contribution in [0.25, 0.3) is 0 Å². The number of carbonyl (C=O) groups excluding carboxylic acids is 2. The van der Waals surface area contributed by atoms with Crippen molar-refractivity contribution in [2.24, 2.45) is 39.9 Å². The summed E-state index contributed by atoms with van der Waals surface area (Å²) in [6.07, 6.45) is 9.40. The number of carbonyl (C=O) groups is 2. The van der Waals surface area contributed by atoms with Crippen LogP contribution in [0.3, 0.4) is 0 Å². The third-order valence-electron chi connectivity index (χ3n) is 12.2. The lowest BCUT2D eigenvalue weighted by Crippen LogP contribution is -2.55. The molecule has 0 heterocycles. The van der Waals surface area contributed by atoms with Gasteiger partial charge in [0.1, 0.15) is 5.78 Å². The Morgan fingerprint density at radius 2 is 1.79 bits per heavy atom. The second-order valence-corrected chi connectivity index (χ2v) is 18.8. The molecule has 5 rings (SSSR count). The molecule has 0 aromatic rings. The zero-order valence-electron chi connectivity index (χ0n) is 23.9. The number of ketones is 1. The highest BCUT2D eigenvalue weighted by molar-refractivity contribution is 8.33. The maximum absolute atomic E-state index is 12.8. The summed E-state index contributed by atoms with van der Waals surface area (Å²) in [5.41, 5.74) is 1.91.